The van der Waals surface area contributed by atoms with Gasteiger partial charge in [0, 0.05) is 9.58 Å². The van der Waals surface area contributed by atoms with Crippen LogP contribution in [0.25, 0.3) is 10.1 Å². The zero-order valence-corrected chi connectivity index (χ0v) is 13.3. The van der Waals surface area contributed by atoms with Crippen LogP contribution in [0, 0.1) is 0 Å². The van der Waals surface area contributed by atoms with Crippen LogP contribution in [-0.4, -0.2) is 5.11 Å². The van der Waals surface area contributed by atoms with Gasteiger partial charge in [0.05, 0.1) is 0 Å². The largest absolute Gasteiger partial charge is 0.508 e. The standard InChI is InChI=1S/C18H26OS/c1-2-3-4-5-6-7-8-9-10-17-13-15-11-12-16(19)14-18(15)20-17/h11-14,19H,2-10H2,1H3. The van der Waals surface area contributed by atoms with E-state index in [1.807, 2.05) is 23.5 Å². The van der Waals surface area contributed by atoms with E-state index in [-0.39, 0.29) is 0 Å². The van der Waals surface area contributed by atoms with Crippen molar-refractivity contribution in [2.45, 2.75) is 64.7 Å². The number of thiophene rings is 1. The summed E-state index contributed by atoms with van der Waals surface area (Å²) in [5.74, 6) is 0.373. The molecular weight excluding hydrogens is 264 g/mol. The summed E-state index contributed by atoms with van der Waals surface area (Å²) in [7, 11) is 0. The Hall–Kier alpha value is -1.02. The first-order valence-electron chi connectivity index (χ1n) is 8.01. The smallest absolute Gasteiger partial charge is 0.117 e. The number of fused-ring (bicyclic) bond motifs is 1. The Balaban J connectivity index is 1.65. The molecule has 1 aromatic carbocycles. The third-order valence-corrected chi connectivity index (χ3v) is 4.99. The highest BCUT2D eigenvalue weighted by atomic mass is 32.1. The van der Waals surface area contributed by atoms with E-state index in [2.05, 4.69) is 13.0 Å². The van der Waals surface area contributed by atoms with Crippen LogP contribution in [0.3, 0.4) is 0 Å². The van der Waals surface area contributed by atoms with E-state index in [4.69, 9.17) is 0 Å². The predicted molar refractivity (Wildman–Crippen MR) is 89.8 cm³/mol. The van der Waals surface area contributed by atoms with Crippen LogP contribution in [0.15, 0.2) is 24.3 Å². The number of hydrogen-bond acceptors (Lipinski definition) is 2. The molecule has 1 heterocycles. The van der Waals surface area contributed by atoms with Crippen molar-refractivity contribution in [3.05, 3.63) is 29.1 Å². The van der Waals surface area contributed by atoms with Crippen LogP contribution in [0.1, 0.15) is 63.2 Å². The molecule has 1 aromatic heterocycles. The van der Waals surface area contributed by atoms with Crippen molar-refractivity contribution < 1.29 is 5.11 Å². The lowest BCUT2D eigenvalue weighted by Gasteiger charge is -2.00. The average molecular weight is 290 g/mol. The Morgan fingerprint density at radius 2 is 1.60 bits per heavy atom. The third kappa shape index (κ3) is 4.82. The number of phenolic OH excluding ortho intramolecular Hbond substituents is 1. The Kier molecular flexibility index (Phi) is 6.38. The maximum atomic E-state index is 9.48. The quantitative estimate of drug-likeness (QED) is 0.538. The summed E-state index contributed by atoms with van der Waals surface area (Å²) in [6.45, 7) is 2.27. The second-order valence-corrected chi connectivity index (χ2v) is 6.83. The van der Waals surface area contributed by atoms with Crippen LogP contribution in [0.4, 0.5) is 0 Å². The van der Waals surface area contributed by atoms with Crippen molar-refractivity contribution in [1.29, 1.82) is 0 Å². The molecule has 2 aromatic rings. The lowest BCUT2D eigenvalue weighted by atomic mass is 10.1. The van der Waals surface area contributed by atoms with Gasteiger partial charge < -0.3 is 5.11 Å². The van der Waals surface area contributed by atoms with Crippen LogP contribution >= 0.6 is 11.3 Å². The zero-order chi connectivity index (χ0) is 14.2. The third-order valence-electron chi connectivity index (χ3n) is 3.83. The first-order chi connectivity index (χ1) is 9.79. The number of rotatable bonds is 9. The molecule has 0 aliphatic heterocycles. The molecule has 0 amide bonds. The minimum Gasteiger partial charge on any atom is -0.508 e. The fourth-order valence-electron chi connectivity index (χ4n) is 2.63. The van der Waals surface area contributed by atoms with E-state index in [1.165, 1.54) is 72.8 Å². The zero-order valence-electron chi connectivity index (χ0n) is 12.5. The first kappa shape index (κ1) is 15.4. The van der Waals surface area contributed by atoms with E-state index in [1.54, 1.807) is 6.07 Å². The highest BCUT2D eigenvalue weighted by Crippen LogP contribution is 2.29. The van der Waals surface area contributed by atoms with E-state index in [9.17, 15) is 5.11 Å². The van der Waals surface area contributed by atoms with Crippen LogP contribution < -0.4 is 0 Å². The number of unbranched alkanes of at least 4 members (excludes halogenated alkanes) is 7. The molecule has 2 rings (SSSR count). The summed E-state index contributed by atoms with van der Waals surface area (Å²) in [4.78, 5) is 1.46. The lowest BCUT2D eigenvalue weighted by molar-refractivity contribution is 0.476. The molecule has 2 heteroatoms. The van der Waals surface area contributed by atoms with Crippen LogP contribution in [0.2, 0.25) is 0 Å². The summed E-state index contributed by atoms with van der Waals surface area (Å²) in [6, 6.07) is 7.94. The van der Waals surface area contributed by atoms with Crippen molar-refractivity contribution in [1.82, 2.24) is 0 Å². The van der Waals surface area contributed by atoms with Gasteiger partial charge in [-0.3, -0.25) is 0 Å². The SMILES string of the molecule is CCCCCCCCCCc1cc2ccc(O)cc2s1. The number of aryl methyl sites for hydroxylation is 1. The molecule has 0 radical (unpaired) electrons. The number of aromatic hydroxyl groups is 1. The monoisotopic (exact) mass is 290 g/mol. The summed E-state index contributed by atoms with van der Waals surface area (Å²) in [5.41, 5.74) is 0. The van der Waals surface area contributed by atoms with Crippen molar-refractivity contribution in [3.63, 3.8) is 0 Å². The molecule has 0 aliphatic carbocycles. The van der Waals surface area contributed by atoms with Gasteiger partial charge in [-0.2, -0.15) is 0 Å². The molecule has 0 saturated heterocycles. The van der Waals surface area contributed by atoms with Crippen molar-refractivity contribution in [2.24, 2.45) is 0 Å². The molecule has 0 fully saturated rings. The van der Waals surface area contributed by atoms with Crippen molar-refractivity contribution >= 4 is 21.4 Å². The summed E-state index contributed by atoms with van der Waals surface area (Å²) >= 11 is 1.83. The Morgan fingerprint density at radius 1 is 0.900 bits per heavy atom. The Bertz CT molecular complexity index is 515. The number of benzene rings is 1. The van der Waals surface area contributed by atoms with Gasteiger partial charge in [0.25, 0.3) is 0 Å². The fraction of sp³-hybridized carbons (Fsp3) is 0.556. The first-order valence-corrected chi connectivity index (χ1v) is 8.82. The normalized spacial score (nSPS) is 11.2. The maximum Gasteiger partial charge on any atom is 0.117 e. The lowest BCUT2D eigenvalue weighted by Crippen LogP contribution is -1.83. The maximum absolute atomic E-state index is 9.48. The molecule has 0 aliphatic rings. The molecule has 0 saturated carbocycles. The van der Waals surface area contributed by atoms with Gasteiger partial charge in [0.2, 0.25) is 0 Å². The highest BCUT2D eigenvalue weighted by Gasteiger charge is 2.02. The fourth-order valence-corrected chi connectivity index (χ4v) is 3.77. The van der Waals surface area contributed by atoms with Crippen molar-refractivity contribution in [2.75, 3.05) is 0 Å². The van der Waals surface area contributed by atoms with Gasteiger partial charge in [-0.1, -0.05) is 51.9 Å². The second kappa shape index (κ2) is 8.31. The molecule has 0 atom stereocenters. The van der Waals surface area contributed by atoms with Crippen molar-refractivity contribution in [3.8, 4) is 5.75 Å². The van der Waals surface area contributed by atoms with Gasteiger partial charge in [0.1, 0.15) is 5.75 Å². The molecule has 0 spiro atoms. The number of phenols is 1. The molecule has 0 bridgehead atoms. The van der Waals surface area contributed by atoms with Gasteiger partial charge in [-0.15, -0.1) is 11.3 Å². The molecule has 0 unspecified atom stereocenters. The summed E-state index contributed by atoms with van der Waals surface area (Å²) < 4.78 is 1.21. The van der Waals surface area contributed by atoms with Gasteiger partial charge in [-0.25, -0.2) is 0 Å². The van der Waals surface area contributed by atoms with Gasteiger partial charge in [0.15, 0.2) is 0 Å². The van der Waals surface area contributed by atoms with Crippen LogP contribution in [-0.2, 0) is 6.42 Å². The predicted octanol–water partition coefficient (Wildman–Crippen LogP) is 6.29. The molecule has 1 nitrogen and oxygen atoms in total. The Labute approximate surface area is 126 Å². The second-order valence-electron chi connectivity index (χ2n) is 5.66. The average Bonchev–Trinajstić information content (AvgIpc) is 2.83. The Morgan fingerprint density at radius 3 is 2.35 bits per heavy atom. The topological polar surface area (TPSA) is 20.2 Å². The van der Waals surface area contributed by atoms with Gasteiger partial charge in [-0.05, 0) is 42.5 Å². The van der Waals surface area contributed by atoms with E-state index >= 15 is 0 Å². The molecule has 20 heavy (non-hydrogen) atoms. The molecular formula is C18H26OS. The summed E-state index contributed by atoms with van der Waals surface area (Å²) in [6.07, 6.45) is 12.2. The molecule has 110 valence electrons. The van der Waals surface area contributed by atoms with E-state index in [0.29, 0.717) is 5.75 Å². The van der Waals surface area contributed by atoms with Crippen LogP contribution in [0.5, 0.6) is 5.75 Å². The van der Waals surface area contributed by atoms with E-state index < -0.39 is 0 Å². The molecule has 1 N–H and O–H groups in total. The number of hydrogen-bond donors (Lipinski definition) is 1. The van der Waals surface area contributed by atoms with E-state index in [0.717, 1.165) is 0 Å². The minimum atomic E-state index is 0.373. The highest BCUT2D eigenvalue weighted by molar-refractivity contribution is 7.19. The summed E-state index contributed by atoms with van der Waals surface area (Å²) in [5, 5.41) is 10.7. The minimum absolute atomic E-state index is 0.373. The van der Waals surface area contributed by atoms with Gasteiger partial charge >= 0.3 is 0 Å².